The van der Waals surface area contributed by atoms with Gasteiger partial charge in [0.05, 0.1) is 12.0 Å². The molecule has 0 radical (unpaired) electrons. The Bertz CT molecular complexity index is 789. The molecule has 3 heterocycles. The second kappa shape index (κ2) is 7.25. The first-order valence-electron chi connectivity index (χ1n) is 8.86. The van der Waals surface area contributed by atoms with Crippen LogP contribution in [0.2, 0.25) is 0 Å². The van der Waals surface area contributed by atoms with Crippen molar-refractivity contribution in [1.29, 1.82) is 0 Å². The molecule has 0 amide bonds. The van der Waals surface area contributed by atoms with Crippen molar-refractivity contribution in [1.82, 2.24) is 14.9 Å². The second-order valence-electron chi connectivity index (χ2n) is 6.51. The number of hydrogen-bond donors (Lipinski definition) is 0. The summed E-state index contributed by atoms with van der Waals surface area (Å²) in [7, 11) is 2.17. The van der Waals surface area contributed by atoms with E-state index >= 15 is 0 Å². The molecule has 0 aromatic carbocycles. The van der Waals surface area contributed by atoms with E-state index in [2.05, 4.69) is 28.8 Å². The molecule has 1 saturated heterocycles. The average Bonchev–Trinajstić information content (AvgIpc) is 3.19. The number of nitrogens with zero attached hydrogens (tertiary/aromatic N) is 4. The normalized spacial score (nSPS) is 17.7. The van der Waals surface area contributed by atoms with Crippen LogP contribution in [0.3, 0.4) is 0 Å². The molecular formula is C18H26N4O2S. The standard InChI is InChI=1S/C18H26N4O2S/c1-6-21(5)13-8-9-22(10-13)16-14-11(3)15(18(23)24-7-2)25-17(14)20-12(4)19-16/h13H,6-10H2,1-5H3. The first kappa shape index (κ1) is 18.1. The van der Waals surface area contributed by atoms with E-state index in [1.54, 1.807) is 0 Å². The lowest BCUT2D eigenvalue weighted by Crippen LogP contribution is -2.34. The molecule has 0 aliphatic carbocycles. The molecule has 7 heteroatoms. The fraction of sp³-hybridized carbons (Fsp3) is 0.611. The Kier molecular flexibility index (Phi) is 5.24. The van der Waals surface area contributed by atoms with Crippen LogP contribution in [-0.4, -0.2) is 60.2 Å². The van der Waals surface area contributed by atoms with Crippen LogP contribution in [-0.2, 0) is 4.74 Å². The fourth-order valence-corrected chi connectivity index (χ4v) is 4.51. The molecule has 1 unspecified atom stereocenters. The minimum absolute atomic E-state index is 0.267. The Balaban J connectivity index is 2.02. The predicted molar refractivity (Wildman–Crippen MR) is 102 cm³/mol. The lowest BCUT2D eigenvalue weighted by molar-refractivity contribution is 0.0531. The highest BCUT2D eigenvalue weighted by Crippen LogP contribution is 2.37. The Morgan fingerprint density at radius 1 is 1.36 bits per heavy atom. The van der Waals surface area contributed by atoms with Gasteiger partial charge >= 0.3 is 5.97 Å². The zero-order valence-electron chi connectivity index (χ0n) is 15.6. The zero-order valence-corrected chi connectivity index (χ0v) is 16.4. The number of fused-ring (bicyclic) bond motifs is 1. The van der Waals surface area contributed by atoms with Gasteiger partial charge in [0.25, 0.3) is 0 Å². The zero-order chi connectivity index (χ0) is 18.1. The molecule has 2 aromatic rings. The number of thiophene rings is 1. The maximum Gasteiger partial charge on any atom is 0.348 e. The second-order valence-corrected chi connectivity index (χ2v) is 7.51. The smallest absolute Gasteiger partial charge is 0.348 e. The van der Waals surface area contributed by atoms with Crippen LogP contribution in [0.15, 0.2) is 0 Å². The van der Waals surface area contributed by atoms with Gasteiger partial charge in [0, 0.05) is 19.1 Å². The third-order valence-electron chi connectivity index (χ3n) is 4.93. The topological polar surface area (TPSA) is 58.6 Å². The number of ether oxygens (including phenoxy) is 1. The maximum atomic E-state index is 12.3. The summed E-state index contributed by atoms with van der Waals surface area (Å²) >= 11 is 1.41. The molecule has 0 bridgehead atoms. The van der Waals surface area contributed by atoms with Crippen molar-refractivity contribution >= 4 is 33.3 Å². The molecule has 3 rings (SSSR count). The van der Waals surface area contributed by atoms with Crippen LogP contribution >= 0.6 is 11.3 Å². The van der Waals surface area contributed by atoms with E-state index in [4.69, 9.17) is 9.72 Å². The molecule has 0 N–H and O–H groups in total. The van der Waals surface area contributed by atoms with Crippen molar-refractivity contribution in [3.8, 4) is 0 Å². The molecule has 25 heavy (non-hydrogen) atoms. The summed E-state index contributed by atoms with van der Waals surface area (Å²) in [5.74, 6) is 1.43. The van der Waals surface area contributed by atoms with Gasteiger partial charge in [-0.25, -0.2) is 14.8 Å². The number of carbonyl (C=O) groups excluding carboxylic acids is 1. The number of hydrogen-bond acceptors (Lipinski definition) is 7. The number of rotatable bonds is 5. The van der Waals surface area contributed by atoms with Gasteiger partial charge in [0.1, 0.15) is 21.3 Å². The van der Waals surface area contributed by atoms with Crippen LogP contribution in [0.5, 0.6) is 0 Å². The van der Waals surface area contributed by atoms with Gasteiger partial charge in [-0.15, -0.1) is 11.3 Å². The number of anilines is 1. The van der Waals surface area contributed by atoms with Crippen molar-refractivity contribution in [3.63, 3.8) is 0 Å². The van der Waals surface area contributed by atoms with Crippen LogP contribution < -0.4 is 4.90 Å². The molecule has 1 fully saturated rings. The van der Waals surface area contributed by atoms with Gasteiger partial charge < -0.3 is 14.5 Å². The minimum atomic E-state index is -0.267. The molecule has 0 spiro atoms. The van der Waals surface area contributed by atoms with E-state index in [1.807, 2.05) is 20.8 Å². The molecule has 2 aromatic heterocycles. The highest BCUT2D eigenvalue weighted by atomic mass is 32.1. The summed E-state index contributed by atoms with van der Waals surface area (Å²) in [5, 5.41) is 0.999. The fourth-order valence-electron chi connectivity index (χ4n) is 3.39. The first-order valence-corrected chi connectivity index (χ1v) is 9.67. The monoisotopic (exact) mass is 362 g/mol. The van der Waals surface area contributed by atoms with Gasteiger partial charge in [0.2, 0.25) is 0 Å². The number of aryl methyl sites for hydroxylation is 2. The Hall–Kier alpha value is -1.73. The van der Waals surface area contributed by atoms with Gasteiger partial charge in [0.15, 0.2) is 0 Å². The third-order valence-corrected chi connectivity index (χ3v) is 6.09. The summed E-state index contributed by atoms with van der Waals surface area (Å²) in [6, 6.07) is 0.541. The molecule has 0 saturated carbocycles. The van der Waals surface area contributed by atoms with Crippen molar-refractivity contribution in [2.75, 3.05) is 38.2 Å². The molecule has 136 valence electrons. The van der Waals surface area contributed by atoms with Crippen LogP contribution in [0.25, 0.3) is 10.2 Å². The summed E-state index contributed by atoms with van der Waals surface area (Å²) in [4.78, 5) is 27.8. The Morgan fingerprint density at radius 2 is 2.12 bits per heavy atom. The van der Waals surface area contributed by atoms with Crippen molar-refractivity contribution in [2.24, 2.45) is 0 Å². The molecule has 1 aliphatic rings. The number of likely N-dealkylation sites (N-methyl/N-ethyl adjacent to an activating group) is 1. The molecule has 1 atom stereocenters. The van der Waals surface area contributed by atoms with Crippen LogP contribution in [0.1, 0.15) is 41.3 Å². The van der Waals surface area contributed by atoms with E-state index < -0.39 is 0 Å². The minimum Gasteiger partial charge on any atom is -0.462 e. The highest BCUT2D eigenvalue weighted by Gasteiger charge is 2.29. The van der Waals surface area contributed by atoms with Crippen molar-refractivity contribution in [3.05, 3.63) is 16.3 Å². The lowest BCUT2D eigenvalue weighted by atomic mass is 10.2. The Morgan fingerprint density at radius 3 is 2.80 bits per heavy atom. The predicted octanol–water partition coefficient (Wildman–Crippen LogP) is 3.02. The average molecular weight is 362 g/mol. The Labute approximate surface area is 152 Å². The molecular weight excluding hydrogens is 336 g/mol. The van der Waals surface area contributed by atoms with Crippen molar-refractivity contribution < 1.29 is 9.53 Å². The SMILES string of the molecule is CCOC(=O)c1sc2nc(C)nc(N3CCC(N(C)CC)C3)c2c1C. The van der Waals surface area contributed by atoms with E-state index in [1.165, 1.54) is 11.3 Å². The first-order chi connectivity index (χ1) is 12.0. The number of esters is 1. The van der Waals surface area contributed by atoms with E-state index in [0.717, 1.165) is 53.5 Å². The highest BCUT2D eigenvalue weighted by molar-refractivity contribution is 7.20. The van der Waals surface area contributed by atoms with Gasteiger partial charge in [-0.2, -0.15) is 0 Å². The summed E-state index contributed by atoms with van der Waals surface area (Å²) in [5.41, 5.74) is 0.931. The summed E-state index contributed by atoms with van der Waals surface area (Å²) in [6.07, 6.45) is 1.13. The van der Waals surface area contributed by atoms with Gasteiger partial charge in [-0.1, -0.05) is 6.92 Å². The van der Waals surface area contributed by atoms with E-state index in [0.29, 0.717) is 17.5 Å². The van der Waals surface area contributed by atoms with E-state index in [9.17, 15) is 4.79 Å². The third kappa shape index (κ3) is 3.35. The van der Waals surface area contributed by atoms with E-state index in [-0.39, 0.29) is 5.97 Å². The molecule has 6 nitrogen and oxygen atoms in total. The van der Waals surface area contributed by atoms with Gasteiger partial charge in [-0.05, 0) is 46.3 Å². The van der Waals surface area contributed by atoms with Crippen LogP contribution in [0.4, 0.5) is 5.82 Å². The summed E-state index contributed by atoms with van der Waals surface area (Å²) < 4.78 is 5.20. The quantitative estimate of drug-likeness (QED) is 0.762. The lowest BCUT2D eigenvalue weighted by Gasteiger charge is -2.24. The number of carbonyl (C=O) groups is 1. The van der Waals surface area contributed by atoms with Gasteiger partial charge in [-0.3, -0.25) is 0 Å². The largest absolute Gasteiger partial charge is 0.462 e. The maximum absolute atomic E-state index is 12.3. The van der Waals surface area contributed by atoms with Crippen LogP contribution in [0, 0.1) is 13.8 Å². The molecule has 1 aliphatic heterocycles. The number of aromatic nitrogens is 2. The summed E-state index contributed by atoms with van der Waals surface area (Å²) in [6.45, 7) is 11.2. The van der Waals surface area contributed by atoms with Crippen molar-refractivity contribution in [2.45, 2.75) is 40.2 Å².